The zero-order chi connectivity index (χ0) is 8.97. The molecule has 12 heavy (non-hydrogen) atoms. The Balaban J connectivity index is 2.65. The Morgan fingerprint density at radius 3 is 2.50 bits per heavy atom. The van der Waals surface area contributed by atoms with E-state index in [1.807, 2.05) is 6.07 Å². The summed E-state index contributed by atoms with van der Waals surface area (Å²) in [6, 6.07) is 8.73. The van der Waals surface area contributed by atoms with Crippen molar-refractivity contribution in [1.29, 1.82) is 0 Å². The number of benzene rings is 1. The van der Waals surface area contributed by atoms with E-state index < -0.39 is 12.3 Å². The third-order valence-electron chi connectivity index (χ3n) is 1.36. The van der Waals surface area contributed by atoms with Crippen LogP contribution in [0.3, 0.4) is 0 Å². The van der Waals surface area contributed by atoms with E-state index in [4.69, 9.17) is 0 Å². The molecule has 0 aromatic heterocycles. The first kappa shape index (κ1) is 8.74. The third kappa shape index (κ3) is 2.36. The minimum absolute atomic E-state index is 0.494. The van der Waals surface area contributed by atoms with Gasteiger partial charge in [-0.1, -0.05) is 30.3 Å². The van der Waals surface area contributed by atoms with Gasteiger partial charge in [-0.15, -0.1) is 0 Å². The fourth-order valence-corrected chi connectivity index (χ4v) is 0.843. The average Bonchev–Trinajstić information content (AvgIpc) is 2.05. The minimum Gasteiger partial charge on any atom is -0.432 e. The van der Waals surface area contributed by atoms with Gasteiger partial charge in [-0.2, -0.15) is 0 Å². The second kappa shape index (κ2) is 3.88. The van der Waals surface area contributed by atoms with Crippen molar-refractivity contribution in [2.45, 2.75) is 13.2 Å². The number of aliphatic hydroxyl groups excluding tert-OH is 1. The van der Waals surface area contributed by atoms with Gasteiger partial charge in [0.25, 0.3) is 0 Å². The molecule has 0 radical (unpaired) electrons. The molecule has 0 fully saturated rings. The molecule has 1 aromatic rings. The predicted molar refractivity (Wildman–Crippen MR) is 43.2 cm³/mol. The molecule has 0 aliphatic rings. The van der Waals surface area contributed by atoms with Crippen molar-refractivity contribution < 1.29 is 14.6 Å². The molecule has 0 spiro atoms. The lowest BCUT2D eigenvalue weighted by atomic mass is 10.2. The molecule has 0 saturated heterocycles. The highest BCUT2D eigenvalue weighted by molar-refractivity contribution is 5.66. The van der Waals surface area contributed by atoms with Crippen LogP contribution in [0, 0.1) is 0 Å². The molecule has 0 amide bonds. The van der Waals surface area contributed by atoms with E-state index in [0.29, 0.717) is 5.56 Å². The predicted octanol–water partition coefficient (Wildman–Crippen LogP) is 1.24. The Kier molecular flexibility index (Phi) is 2.82. The normalized spacial score (nSPS) is 12.2. The first-order valence-corrected chi connectivity index (χ1v) is 3.60. The quantitative estimate of drug-likeness (QED) is 0.531. The van der Waals surface area contributed by atoms with Gasteiger partial charge in [0.15, 0.2) is 0 Å². The molecule has 1 N–H and O–H groups in total. The van der Waals surface area contributed by atoms with E-state index in [-0.39, 0.29) is 0 Å². The molecule has 1 aromatic carbocycles. The van der Waals surface area contributed by atoms with Crippen LogP contribution in [0.2, 0.25) is 0 Å². The molecule has 0 aliphatic carbocycles. The molecular weight excluding hydrogens is 156 g/mol. The van der Waals surface area contributed by atoms with E-state index >= 15 is 0 Å². The van der Waals surface area contributed by atoms with Gasteiger partial charge < -0.3 is 9.84 Å². The van der Waals surface area contributed by atoms with Crippen LogP contribution >= 0.6 is 0 Å². The maximum atomic E-state index is 10.4. The van der Waals surface area contributed by atoms with Gasteiger partial charge in [-0.3, -0.25) is 4.79 Å². The Morgan fingerprint density at radius 1 is 1.42 bits per heavy atom. The SMILES string of the molecule is CC(=O)OC(O)c1ccccc1. The van der Waals surface area contributed by atoms with Crippen LogP contribution in [0.15, 0.2) is 30.3 Å². The van der Waals surface area contributed by atoms with Gasteiger partial charge >= 0.3 is 5.97 Å². The number of ether oxygens (including phenoxy) is 1. The Morgan fingerprint density at radius 2 is 2.00 bits per heavy atom. The summed E-state index contributed by atoms with van der Waals surface area (Å²) >= 11 is 0. The highest BCUT2D eigenvalue weighted by Crippen LogP contribution is 2.12. The summed E-state index contributed by atoms with van der Waals surface area (Å²) in [6.45, 7) is 1.26. The second-order valence-electron chi connectivity index (χ2n) is 2.37. The number of hydrogen-bond donors (Lipinski definition) is 1. The van der Waals surface area contributed by atoms with Crippen molar-refractivity contribution in [2.75, 3.05) is 0 Å². The van der Waals surface area contributed by atoms with Crippen molar-refractivity contribution in [3.63, 3.8) is 0 Å². The average molecular weight is 166 g/mol. The fraction of sp³-hybridized carbons (Fsp3) is 0.222. The maximum Gasteiger partial charge on any atom is 0.305 e. The van der Waals surface area contributed by atoms with Crippen molar-refractivity contribution in [3.8, 4) is 0 Å². The van der Waals surface area contributed by atoms with Crippen molar-refractivity contribution in [1.82, 2.24) is 0 Å². The number of carbonyl (C=O) groups is 1. The van der Waals surface area contributed by atoms with Gasteiger partial charge in [-0.25, -0.2) is 0 Å². The van der Waals surface area contributed by atoms with Crippen LogP contribution in [0.25, 0.3) is 0 Å². The molecule has 0 bridgehead atoms. The van der Waals surface area contributed by atoms with Gasteiger partial charge in [0.2, 0.25) is 6.29 Å². The summed E-state index contributed by atoms with van der Waals surface area (Å²) in [7, 11) is 0. The Labute approximate surface area is 70.6 Å². The number of esters is 1. The molecule has 0 aliphatic heterocycles. The number of carbonyl (C=O) groups excluding carboxylic acids is 1. The van der Waals surface area contributed by atoms with Gasteiger partial charge in [0, 0.05) is 12.5 Å². The molecule has 3 heteroatoms. The molecule has 3 nitrogen and oxygen atoms in total. The lowest BCUT2D eigenvalue weighted by Gasteiger charge is -2.09. The van der Waals surface area contributed by atoms with Crippen LogP contribution in [0.1, 0.15) is 18.8 Å². The van der Waals surface area contributed by atoms with Crippen LogP contribution in [-0.4, -0.2) is 11.1 Å². The number of rotatable bonds is 2. The smallest absolute Gasteiger partial charge is 0.305 e. The molecular formula is C9H10O3. The van der Waals surface area contributed by atoms with Gasteiger partial charge in [0.1, 0.15) is 0 Å². The zero-order valence-corrected chi connectivity index (χ0v) is 6.73. The van der Waals surface area contributed by atoms with E-state index in [0.717, 1.165) is 0 Å². The molecule has 1 atom stereocenters. The van der Waals surface area contributed by atoms with Crippen LogP contribution in [-0.2, 0) is 9.53 Å². The third-order valence-corrected chi connectivity index (χ3v) is 1.36. The topological polar surface area (TPSA) is 46.5 Å². The van der Waals surface area contributed by atoms with E-state index in [1.54, 1.807) is 24.3 Å². The number of aliphatic hydroxyl groups is 1. The van der Waals surface area contributed by atoms with Gasteiger partial charge in [0.05, 0.1) is 0 Å². The summed E-state index contributed by atoms with van der Waals surface area (Å²) in [5, 5.41) is 9.25. The van der Waals surface area contributed by atoms with Crippen molar-refractivity contribution in [2.24, 2.45) is 0 Å². The second-order valence-corrected chi connectivity index (χ2v) is 2.37. The molecule has 0 heterocycles. The van der Waals surface area contributed by atoms with Crippen LogP contribution in [0.4, 0.5) is 0 Å². The maximum absolute atomic E-state index is 10.4. The first-order chi connectivity index (χ1) is 5.70. The molecule has 64 valence electrons. The standard InChI is InChI=1S/C9H10O3/c1-7(10)12-9(11)8-5-3-2-4-6-8/h2-6,9,11H,1H3. The lowest BCUT2D eigenvalue weighted by Crippen LogP contribution is -2.06. The Bertz CT molecular complexity index is 256. The van der Waals surface area contributed by atoms with Crippen molar-refractivity contribution in [3.05, 3.63) is 35.9 Å². The molecule has 0 saturated carbocycles. The number of hydrogen-bond acceptors (Lipinski definition) is 3. The lowest BCUT2D eigenvalue weighted by molar-refractivity contribution is -0.166. The highest BCUT2D eigenvalue weighted by Gasteiger charge is 2.08. The van der Waals surface area contributed by atoms with Gasteiger partial charge in [-0.05, 0) is 0 Å². The summed E-state index contributed by atoms with van der Waals surface area (Å²) in [5.74, 6) is -0.494. The molecule has 1 rings (SSSR count). The van der Waals surface area contributed by atoms with Crippen LogP contribution < -0.4 is 0 Å². The highest BCUT2D eigenvalue weighted by atomic mass is 16.6. The minimum atomic E-state index is -1.15. The van der Waals surface area contributed by atoms with E-state index in [2.05, 4.69) is 4.74 Å². The van der Waals surface area contributed by atoms with E-state index in [1.165, 1.54) is 6.92 Å². The fourth-order valence-electron chi connectivity index (χ4n) is 0.843. The van der Waals surface area contributed by atoms with E-state index in [9.17, 15) is 9.90 Å². The Hall–Kier alpha value is -1.35. The zero-order valence-electron chi connectivity index (χ0n) is 6.73. The van der Waals surface area contributed by atoms with Crippen LogP contribution in [0.5, 0.6) is 0 Å². The largest absolute Gasteiger partial charge is 0.432 e. The molecule has 1 unspecified atom stereocenters. The first-order valence-electron chi connectivity index (χ1n) is 3.60. The summed E-state index contributed by atoms with van der Waals surface area (Å²) in [5.41, 5.74) is 0.577. The summed E-state index contributed by atoms with van der Waals surface area (Å²) in [4.78, 5) is 10.4. The summed E-state index contributed by atoms with van der Waals surface area (Å²) < 4.78 is 4.55. The monoisotopic (exact) mass is 166 g/mol. The summed E-state index contributed by atoms with van der Waals surface area (Å²) in [6.07, 6.45) is -1.15. The van der Waals surface area contributed by atoms with Crippen molar-refractivity contribution >= 4 is 5.97 Å².